The molecule has 2 aromatic carbocycles. The lowest BCUT2D eigenvalue weighted by molar-refractivity contribution is 0.100. The standard InChI is InChI=1S/C28H37ClN4O/c1-4-25(32(5-2)6-3)26-22-17-21(27(30)34)23(29)18-24(22)31-28(26)33-14-12-20(13-15-33)16-19-10-8-7-9-11-19/h7-11,17-18,20,25,31H,4-6,12-16H2,1-3H3,(H2,30,34). The number of carbonyl (C=O) groups excluding carboxylic acids is 1. The number of hydrogen-bond donors (Lipinski definition) is 2. The average molecular weight is 481 g/mol. The van der Waals surface area contributed by atoms with Crippen LogP contribution in [0.1, 0.15) is 67.6 Å². The van der Waals surface area contributed by atoms with Gasteiger partial charge in [-0.25, -0.2) is 0 Å². The fourth-order valence-electron chi connectivity index (χ4n) is 5.61. The number of aromatic nitrogens is 1. The molecule has 0 spiro atoms. The van der Waals surface area contributed by atoms with Gasteiger partial charge < -0.3 is 15.6 Å². The fourth-order valence-corrected chi connectivity index (χ4v) is 5.87. The second-order valence-electron chi connectivity index (χ2n) is 9.39. The lowest BCUT2D eigenvalue weighted by Gasteiger charge is -2.36. The summed E-state index contributed by atoms with van der Waals surface area (Å²) in [5, 5.41) is 1.45. The molecule has 34 heavy (non-hydrogen) atoms. The van der Waals surface area contributed by atoms with Crippen LogP contribution in [0, 0.1) is 5.92 Å². The second-order valence-corrected chi connectivity index (χ2v) is 9.80. The van der Waals surface area contributed by atoms with Gasteiger partial charge in [0.15, 0.2) is 0 Å². The van der Waals surface area contributed by atoms with Crippen molar-refractivity contribution < 1.29 is 4.79 Å². The molecule has 1 unspecified atom stereocenters. The molecule has 0 aliphatic carbocycles. The third-order valence-electron chi connectivity index (χ3n) is 7.44. The number of H-pyrrole nitrogens is 1. The van der Waals surface area contributed by atoms with Crippen molar-refractivity contribution in [2.45, 2.75) is 52.5 Å². The highest BCUT2D eigenvalue weighted by Gasteiger charge is 2.29. The minimum absolute atomic E-state index is 0.252. The first-order chi connectivity index (χ1) is 16.5. The van der Waals surface area contributed by atoms with Crippen molar-refractivity contribution in [3.63, 3.8) is 0 Å². The summed E-state index contributed by atoms with van der Waals surface area (Å²) in [7, 11) is 0. The summed E-state index contributed by atoms with van der Waals surface area (Å²) in [5.74, 6) is 1.38. The number of nitrogens with two attached hydrogens (primary N) is 1. The molecule has 1 fully saturated rings. The number of anilines is 1. The van der Waals surface area contributed by atoms with Gasteiger partial charge in [-0.1, -0.05) is 62.7 Å². The van der Waals surface area contributed by atoms with E-state index in [4.69, 9.17) is 17.3 Å². The summed E-state index contributed by atoms with van der Waals surface area (Å²) in [5.41, 5.74) is 9.70. The van der Waals surface area contributed by atoms with Gasteiger partial charge in [0.1, 0.15) is 5.82 Å². The number of hydrogen-bond acceptors (Lipinski definition) is 3. The first kappa shape index (κ1) is 24.6. The minimum Gasteiger partial charge on any atom is -0.366 e. The van der Waals surface area contributed by atoms with Crippen molar-refractivity contribution in [1.29, 1.82) is 0 Å². The van der Waals surface area contributed by atoms with E-state index in [0.717, 1.165) is 49.9 Å². The third-order valence-corrected chi connectivity index (χ3v) is 7.75. The molecule has 182 valence electrons. The topological polar surface area (TPSA) is 65.4 Å². The van der Waals surface area contributed by atoms with E-state index >= 15 is 0 Å². The van der Waals surface area contributed by atoms with Gasteiger partial charge in [0.25, 0.3) is 0 Å². The van der Waals surface area contributed by atoms with E-state index in [9.17, 15) is 4.79 Å². The maximum Gasteiger partial charge on any atom is 0.250 e. The average Bonchev–Trinajstić information content (AvgIpc) is 3.20. The summed E-state index contributed by atoms with van der Waals surface area (Å²) in [6.45, 7) is 10.6. The van der Waals surface area contributed by atoms with Crippen LogP contribution in [0.3, 0.4) is 0 Å². The van der Waals surface area contributed by atoms with Gasteiger partial charge >= 0.3 is 0 Å². The van der Waals surface area contributed by atoms with E-state index < -0.39 is 5.91 Å². The fraction of sp³-hybridized carbons (Fsp3) is 0.464. The smallest absolute Gasteiger partial charge is 0.250 e. The first-order valence-corrected chi connectivity index (χ1v) is 13.0. The summed E-state index contributed by atoms with van der Waals surface area (Å²) in [6, 6.07) is 14.8. The van der Waals surface area contributed by atoms with Crippen LogP contribution in [0.4, 0.5) is 5.82 Å². The summed E-state index contributed by atoms with van der Waals surface area (Å²) < 4.78 is 0. The van der Waals surface area contributed by atoms with Crippen molar-refractivity contribution in [2.75, 3.05) is 31.1 Å². The Kier molecular flexibility index (Phi) is 7.84. The molecule has 4 rings (SSSR count). The van der Waals surface area contributed by atoms with Crippen molar-refractivity contribution >= 4 is 34.2 Å². The largest absolute Gasteiger partial charge is 0.366 e. The third kappa shape index (κ3) is 4.96. The number of rotatable bonds is 9. The Bertz CT molecular complexity index is 1110. The molecule has 3 aromatic rings. The van der Waals surface area contributed by atoms with Crippen LogP contribution in [0.5, 0.6) is 0 Å². The number of aromatic amines is 1. The first-order valence-electron chi connectivity index (χ1n) is 12.6. The zero-order chi connectivity index (χ0) is 24.2. The molecule has 3 N–H and O–H groups in total. The van der Waals surface area contributed by atoms with E-state index in [-0.39, 0.29) is 6.04 Å². The molecule has 5 nitrogen and oxygen atoms in total. The quantitative estimate of drug-likeness (QED) is 0.384. The minimum atomic E-state index is -0.488. The number of piperidine rings is 1. The maximum absolute atomic E-state index is 12.1. The number of fused-ring (bicyclic) bond motifs is 1. The van der Waals surface area contributed by atoms with E-state index in [1.807, 2.05) is 12.1 Å². The molecule has 1 aliphatic heterocycles. The van der Waals surface area contributed by atoms with Crippen LogP contribution in [-0.2, 0) is 6.42 Å². The van der Waals surface area contributed by atoms with Crippen LogP contribution < -0.4 is 10.6 Å². The van der Waals surface area contributed by atoms with Crippen molar-refractivity contribution in [2.24, 2.45) is 11.7 Å². The number of benzene rings is 2. The van der Waals surface area contributed by atoms with Gasteiger partial charge in [-0.2, -0.15) is 0 Å². The lowest BCUT2D eigenvalue weighted by Crippen LogP contribution is -2.36. The number of halogens is 1. The van der Waals surface area contributed by atoms with E-state index in [1.54, 1.807) is 0 Å². The highest BCUT2D eigenvalue weighted by Crippen LogP contribution is 2.41. The van der Waals surface area contributed by atoms with Gasteiger partial charge in [-0.05, 0) is 62.4 Å². The molecular formula is C28H37ClN4O. The van der Waals surface area contributed by atoms with Crippen LogP contribution >= 0.6 is 11.6 Å². The van der Waals surface area contributed by atoms with Crippen molar-refractivity contribution in [1.82, 2.24) is 9.88 Å². The van der Waals surface area contributed by atoms with Gasteiger partial charge in [0, 0.05) is 35.6 Å². The molecule has 2 heterocycles. The Labute approximate surface area is 208 Å². The summed E-state index contributed by atoms with van der Waals surface area (Å²) in [4.78, 5) is 20.7. The van der Waals surface area contributed by atoms with Crippen LogP contribution in [0.15, 0.2) is 42.5 Å². The summed E-state index contributed by atoms with van der Waals surface area (Å²) in [6.07, 6.45) is 4.46. The Morgan fingerprint density at radius 2 is 1.82 bits per heavy atom. The van der Waals surface area contributed by atoms with E-state index in [2.05, 4.69) is 65.9 Å². The molecule has 1 aromatic heterocycles. The van der Waals surface area contributed by atoms with Gasteiger partial charge in [0.2, 0.25) is 5.91 Å². The zero-order valence-electron chi connectivity index (χ0n) is 20.6. The maximum atomic E-state index is 12.1. The number of carbonyl (C=O) groups is 1. The number of nitrogens with zero attached hydrogens (tertiary/aromatic N) is 2. The molecule has 1 atom stereocenters. The Morgan fingerprint density at radius 3 is 2.41 bits per heavy atom. The molecule has 1 saturated heterocycles. The second kappa shape index (κ2) is 10.8. The molecule has 0 bridgehead atoms. The van der Waals surface area contributed by atoms with Crippen molar-refractivity contribution in [3.8, 4) is 0 Å². The highest BCUT2D eigenvalue weighted by atomic mass is 35.5. The normalized spacial score (nSPS) is 15.9. The molecule has 0 radical (unpaired) electrons. The predicted octanol–water partition coefficient (Wildman–Crippen LogP) is 6.17. The Balaban J connectivity index is 1.69. The zero-order valence-corrected chi connectivity index (χ0v) is 21.4. The predicted molar refractivity (Wildman–Crippen MR) is 143 cm³/mol. The molecule has 1 aliphatic rings. The molecule has 1 amide bonds. The molecular weight excluding hydrogens is 444 g/mol. The summed E-state index contributed by atoms with van der Waals surface area (Å²) >= 11 is 6.43. The highest BCUT2D eigenvalue weighted by molar-refractivity contribution is 6.34. The van der Waals surface area contributed by atoms with Crippen LogP contribution in [-0.4, -0.2) is 42.0 Å². The lowest BCUT2D eigenvalue weighted by atomic mass is 9.90. The number of primary amides is 1. The number of amides is 1. The Morgan fingerprint density at radius 1 is 1.15 bits per heavy atom. The monoisotopic (exact) mass is 480 g/mol. The Hall–Kier alpha value is -2.50. The van der Waals surface area contributed by atoms with Gasteiger partial charge in [-0.3, -0.25) is 9.69 Å². The molecule has 6 heteroatoms. The van der Waals surface area contributed by atoms with E-state index in [0.29, 0.717) is 16.5 Å². The van der Waals surface area contributed by atoms with Crippen LogP contribution in [0.25, 0.3) is 10.9 Å². The van der Waals surface area contributed by atoms with Gasteiger partial charge in [-0.15, -0.1) is 0 Å². The van der Waals surface area contributed by atoms with E-state index in [1.165, 1.54) is 29.8 Å². The molecule has 0 saturated carbocycles. The van der Waals surface area contributed by atoms with Gasteiger partial charge in [0.05, 0.1) is 10.6 Å². The van der Waals surface area contributed by atoms with Crippen molar-refractivity contribution in [3.05, 3.63) is 64.2 Å². The SMILES string of the molecule is CCC(c1c(N2CCC(Cc3ccccc3)CC2)[nH]c2cc(Cl)c(C(N)=O)cc12)N(CC)CC. The van der Waals surface area contributed by atoms with Crippen LogP contribution in [0.2, 0.25) is 5.02 Å². The number of nitrogens with one attached hydrogen (secondary N) is 1.